The molecule has 2 aromatic rings. The molecule has 1 heterocycles. The van der Waals surface area contributed by atoms with Crippen LogP contribution in [0.5, 0.6) is 0 Å². The van der Waals surface area contributed by atoms with Gasteiger partial charge in [-0.05, 0) is 138 Å². The van der Waals surface area contributed by atoms with E-state index in [4.69, 9.17) is 4.74 Å². The molecule has 4 aliphatic rings. The van der Waals surface area contributed by atoms with E-state index < -0.39 is 47.1 Å². The Balaban J connectivity index is 1.16. The molecule has 3 N–H and O–H groups in total. The van der Waals surface area contributed by atoms with E-state index in [0.29, 0.717) is 60.6 Å². The number of benzene rings is 2. The minimum absolute atomic E-state index is 0.108. The number of nitrogens with one attached hydrogen (secondary N) is 2. The lowest BCUT2D eigenvalue weighted by atomic mass is 9.76. The van der Waals surface area contributed by atoms with E-state index in [-0.39, 0.29) is 24.3 Å². The van der Waals surface area contributed by atoms with Gasteiger partial charge in [-0.3, -0.25) is 14.4 Å². The molecule has 0 unspecified atom stereocenters. The van der Waals surface area contributed by atoms with Crippen LogP contribution in [-0.2, 0) is 43.9 Å². The fraction of sp³-hybridized carbons (Fsp3) is 0.541. The van der Waals surface area contributed by atoms with Crippen molar-refractivity contribution in [3.05, 3.63) is 64.5 Å². The van der Waals surface area contributed by atoms with E-state index in [0.717, 1.165) is 36.0 Å². The molecule has 0 bridgehead atoms. The van der Waals surface area contributed by atoms with Crippen LogP contribution in [0, 0.1) is 11.7 Å². The summed E-state index contributed by atoms with van der Waals surface area (Å²) in [4.78, 5) is 68.7. The average molecular weight is 677 g/mol. The van der Waals surface area contributed by atoms with Crippen LogP contribution in [0.1, 0.15) is 94.9 Å². The zero-order valence-electron chi connectivity index (χ0n) is 28.6. The van der Waals surface area contributed by atoms with Gasteiger partial charge < -0.3 is 25.4 Å². The molecule has 12 heteroatoms. The average Bonchev–Trinajstić information content (AvgIpc) is 3.81. The van der Waals surface area contributed by atoms with Crippen molar-refractivity contribution in [3.63, 3.8) is 0 Å². The third-order valence-corrected chi connectivity index (χ3v) is 10.6. The molecule has 0 saturated heterocycles. The molecule has 6 rings (SSSR count). The number of hydrogen-bond donors (Lipinski definition) is 3. The van der Waals surface area contributed by atoms with E-state index in [1.54, 1.807) is 56.9 Å². The van der Waals surface area contributed by atoms with Crippen molar-refractivity contribution in [2.24, 2.45) is 5.92 Å². The zero-order chi connectivity index (χ0) is 35.3. The number of rotatable bonds is 7. The highest BCUT2D eigenvalue weighted by Crippen LogP contribution is 2.43. The van der Waals surface area contributed by atoms with E-state index in [1.165, 1.54) is 12.1 Å². The third-order valence-electron chi connectivity index (χ3n) is 10.6. The van der Waals surface area contributed by atoms with Crippen LogP contribution in [0.2, 0.25) is 0 Å². The van der Waals surface area contributed by atoms with E-state index >= 15 is 0 Å². The van der Waals surface area contributed by atoms with Crippen molar-refractivity contribution in [1.29, 1.82) is 0 Å². The highest BCUT2D eigenvalue weighted by molar-refractivity contribution is 6.02. The molecule has 3 aliphatic carbocycles. The van der Waals surface area contributed by atoms with E-state index in [1.807, 2.05) is 0 Å². The summed E-state index contributed by atoms with van der Waals surface area (Å²) >= 11 is 0. The quantitative estimate of drug-likeness (QED) is 0.342. The van der Waals surface area contributed by atoms with Gasteiger partial charge in [-0.1, -0.05) is 12.1 Å². The van der Waals surface area contributed by atoms with Gasteiger partial charge in [-0.15, -0.1) is 0 Å². The first-order valence-electron chi connectivity index (χ1n) is 17.2. The number of carbonyl (C=O) groups is 5. The number of carboxylic acid groups (broad SMARTS) is 1. The minimum Gasteiger partial charge on any atom is -0.465 e. The lowest BCUT2D eigenvalue weighted by Crippen LogP contribution is -2.61. The predicted molar refractivity (Wildman–Crippen MR) is 178 cm³/mol. The Hall–Kier alpha value is -4.48. The van der Waals surface area contributed by atoms with Gasteiger partial charge in [0.1, 0.15) is 23.5 Å². The van der Waals surface area contributed by atoms with Crippen molar-refractivity contribution in [2.75, 3.05) is 11.9 Å². The van der Waals surface area contributed by atoms with Gasteiger partial charge in [0.2, 0.25) is 17.7 Å². The molecule has 5 amide bonds. The predicted octanol–water partition coefficient (Wildman–Crippen LogP) is 5.68. The molecule has 2 aromatic carbocycles. The number of ether oxygens (including phenoxy) is 1. The summed E-state index contributed by atoms with van der Waals surface area (Å²) in [5, 5.41) is 15.9. The monoisotopic (exact) mass is 676 g/mol. The SMILES string of the molecule is CC(C)(C)OC(=O)NC1(C(=O)Nc2ccc3c(c2)CC[C@@]3(C)C(=O)N(CC(=O)N2Cc3ccc(F)cc3CC[C@H]2C2CC2)C(=O)O)CCC1. The molecule has 0 radical (unpaired) electrons. The maximum atomic E-state index is 14.1. The highest BCUT2D eigenvalue weighted by atomic mass is 19.1. The number of fused-ring (bicyclic) bond motifs is 2. The van der Waals surface area contributed by atoms with Gasteiger partial charge >= 0.3 is 12.2 Å². The fourth-order valence-electron chi connectivity index (χ4n) is 7.58. The van der Waals surface area contributed by atoms with Crippen molar-refractivity contribution < 1.29 is 38.2 Å². The first-order chi connectivity index (χ1) is 23.1. The molecule has 0 aromatic heterocycles. The van der Waals surface area contributed by atoms with Crippen molar-refractivity contribution >= 4 is 35.6 Å². The first-order valence-corrected chi connectivity index (χ1v) is 17.2. The topological polar surface area (TPSA) is 145 Å². The minimum atomic E-state index is -1.50. The molecule has 1 aliphatic heterocycles. The molecule has 262 valence electrons. The van der Waals surface area contributed by atoms with Crippen molar-refractivity contribution in [1.82, 2.24) is 15.1 Å². The Morgan fingerprint density at radius 2 is 1.71 bits per heavy atom. The van der Waals surface area contributed by atoms with Crippen molar-refractivity contribution in [3.8, 4) is 0 Å². The molecule has 2 saturated carbocycles. The van der Waals surface area contributed by atoms with Gasteiger partial charge in [0.05, 0.1) is 5.41 Å². The number of imide groups is 1. The number of amides is 5. The molecule has 11 nitrogen and oxygen atoms in total. The van der Waals surface area contributed by atoms with Crippen LogP contribution in [-0.4, -0.2) is 68.5 Å². The van der Waals surface area contributed by atoms with Gasteiger partial charge in [0.25, 0.3) is 0 Å². The smallest absolute Gasteiger partial charge is 0.414 e. The summed E-state index contributed by atoms with van der Waals surface area (Å²) in [6, 6.07) is 9.61. The van der Waals surface area contributed by atoms with Crippen LogP contribution >= 0.6 is 0 Å². The number of halogens is 1. The van der Waals surface area contributed by atoms with Crippen LogP contribution in [0.15, 0.2) is 36.4 Å². The zero-order valence-corrected chi connectivity index (χ0v) is 28.6. The summed E-state index contributed by atoms with van der Waals surface area (Å²) in [6.07, 6.45) is 3.58. The number of aryl methyl sites for hydroxylation is 2. The lowest BCUT2D eigenvalue weighted by molar-refractivity contribution is -0.143. The van der Waals surface area contributed by atoms with Crippen LogP contribution < -0.4 is 10.6 Å². The second-order valence-electron chi connectivity index (χ2n) is 15.3. The maximum absolute atomic E-state index is 14.1. The molecule has 2 atom stereocenters. The van der Waals surface area contributed by atoms with Crippen LogP contribution in [0.4, 0.5) is 19.7 Å². The standard InChI is InChI=1S/C37H45FN4O7/c1-35(2,3)49-33(46)40-37(15-5-16-37)31(44)39-27-11-12-28-24(19-27)14-17-36(28,4)32(45)42(34(47)48)21-30(43)41-20-25-8-10-26(38)18-23(25)9-13-29(41)22-6-7-22/h8,10-12,18-19,22,29H,5-7,9,13-17,20-21H2,1-4H3,(H,39,44)(H,40,46)(H,47,48)/t29-,36+/m0/s1. The first kappa shape index (κ1) is 34.4. The summed E-state index contributed by atoms with van der Waals surface area (Å²) in [5.74, 6) is -1.52. The molecular weight excluding hydrogens is 631 g/mol. The normalized spacial score (nSPS) is 22.5. The summed E-state index contributed by atoms with van der Waals surface area (Å²) < 4.78 is 19.4. The van der Waals surface area contributed by atoms with Crippen LogP contribution in [0.3, 0.4) is 0 Å². The van der Waals surface area contributed by atoms with Gasteiger partial charge in [-0.25, -0.2) is 18.9 Å². The van der Waals surface area contributed by atoms with E-state index in [2.05, 4.69) is 10.6 Å². The fourth-order valence-corrected chi connectivity index (χ4v) is 7.58. The number of anilines is 1. The summed E-state index contributed by atoms with van der Waals surface area (Å²) in [7, 11) is 0. The second kappa shape index (κ2) is 12.8. The maximum Gasteiger partial charge on any atom is 0.414 e. The summed E-state index contributed by atoms with van der Waals surface area (Å²) in [5.41, 5.74) is 0.607. The Morgan fingerprint density at radius 1 is 0.980 bits per heavy atom. The molecular formula is C37H45FN4O7. The number of alkyl carbamates (subject to hydrolysis) is 1. The lowest BCUT2D eigenvalue weighted by Gasteiger charge is -2.40. The number of nitrogens with zero attached hydrogens (tertiary/aromatic N) is 2. The van der Waals surface area contributed by atoms with Gasteiger partial charge in [0.15, 0.2) is 0 Å². The van der Waals surface area contributed by atoms with Crippen molar-refractivity contribution in [2.45, 2.75) is 115 Å². The molecule has 49 heavy (non-hydrogen) atoms. The van der Waals surface area contributed by atoms with Crippen LogP contribution in [0.25, 0.3) is 0 Å². The third kappa shape index (κ3) is 7.00. The van der Waals surface area contributed by atoms with Gasteiger partial charge in [0, 0.05) is 18.3 Å². The van der Waals surface area contributed by atoms with Gasteiger partial charge in [-0.2, -0.15) is 0 Å². The molecule has 0 spiro atoms. The summed E-state index contributed by atoms with van der Waals surface area (Å²) in [6.45, 7) is 6.57. The second-order valence-corrected chi connectivity index (χ2v) is 15.3. The Kier molecular flexibility index (Phi) is 8.96. The molecule has 2 fully saturated rings. The highest BCUT2D eigenvalue weighted by Gasteiger charge is 2.48. The van der Waals surface area contributed by atoms with E-state index in [9.17, 15) is 33.5 Å². The number of carbonyl (C=O) groups excluding carboxylic acids is 4. The Morgan fingerprint density at radius 3 is 2.35 bits per heavy atom. The Bertz CT molecular complexity index is 1700. The largest absolute Gasteiger partial charge is 0.465 e. The number of hydrogen-bond acceptors (Lipinski definition) is 6. The Labute approximate surface area is 285 Å².